The molecule has 0 aliphatic heterocycles. The predicted molar refractivity (Wildman–Crippen MR) is 63.5 cm³/mol. The van der Waals surface area contributed by atoms with E-state index in [0.717, 1.165) is 0 Å². The van der Waals surface area contributed by atoms with Crippen LogP contribution in [0.1, 0.15) is 0 Å². The number of nitrogens with two attached hydrogens (primary N) is 2. The van der Waals surface area contributed by atoms with Crippen LogP contribution in [-0.4, -0.2) is 20.2 Å². The summed E-state index contributed by atoms with van der Waals surface area (Å²) in [6, 6.07) is 0. The standard InChI is InChI=1S/2H3NO.2HOP.4HP.42V.12W.Y/c4*1-2;;;;;;;;;;;;;;;;;;;;;;;;;;;;;;;;;;;;;;;;;;;;;;;;;;;;;;;;;;;/h2*2H,1H2;2*1H;4*1H;;;;;;;;;;;;;;;;;;;;;;;;;;;;;;;;;;;;;;;;;;;;;;;;;;;;;;;. The van der Waals surface area contributed by atoms with Crippen LogP contribution in [-0.2, 0) is 1050 Å². The van der Waals surface area contributed by atoms with Crippen molar-refractivity contribution in [2.24, 2.45) is 11.8 Å². The monoisotopic (exact) mass is 4730 g/mol. The molecule has 0 spiro atoms. The number of hydrogen-bond acceptors (Lipinski definition) is 6. The topological polar surface area (TPSA) is 133 Å². The van der Waals surface area contributed by atoms with Gasteiger partial charge in [-0.15, -0.1) is 0 Å². The fraction of sp³-hybridized carbons (Fsp3) is 0. The van der Waals surface area contributed by atoms with E-state index in [0.29, 0.717) is 13.7 Å². The second-order valence-electron chi connectivity index (χ2n) is 0.179. The zero-order valence-electron chi connectivity index (χ0n) is 30.1. The molecule has 37 radical (unpaired) electrons. The fourth-order valence-electron chi connectivity index (χ4n) is 0. The summed E-state index contributed by atoms with van der Waals surface area (Å²) >= 11 is 12.5. The van der Waals surface area contributed by atoms with Gasteiger partial charge < -0.3 is 10.4 Å². The van der Waals surface area contributed by atoms with Crippen molar-refractivity contribution < 1.29 is 1070 Å². The maximum Gasteiger partial charge on any atom is 0 e. The first kappa shape index (κ1) is 510. The molecule has 0 aromatic carbocycles. The van der Waals surface area contributed by atoms with Gasteiger partial charge in [-0.25, -0.2) is 11.8 Å². The third kappa shape index (κ3) is 798. The molecule has 0 rings (SSSR count). The Bertz CT molecular complexity index is 160. The molecule has 0 saturated carbocycles. The van der Waals surface area contributed by atoms with Crippen LogP contribution in [0.2, 0.25) is 0 Å². The van der Waals surface area contributed by atoms with E-state index in [1.807, 2.05) is 33.0 Å². The third-order valence-corrected chi connectivity index (χ3v) is 0. The Kier molecular flexibility index (Phi) is 5560. The van der Waals surface area contributed by atoms with Crippen LogP contribution in [0.4, 0.5) is 0 Å². The zero-order valence-corrected chi connectivity index (χ0v) is 133. The van der Waals surface area contributed by atoms with Crippen molar-refractivity contribution in [1.82, 2.24) is 0 Å². The van der Waals surface area contributed by atoms with E-state index in [4.69, 9.17) is 20.2 Å². The summed E-state index contributed by atoms with van der Waals surface area (Å²) in [6.07, 6.45) is 0. The van der Waals surface area contributed by atoms with E-state index in [9.17, 15) is 0 Å². The van der Waals surface area contributed by atoms with Gasteiger partial charge >= 0.3 is 151 Å². The molecular weight excluding hydrogens is 4710 g/mol. The van der Waals surface area contributed by atoms with Crippen LogP contribution in [0.5, 0.6) is 0 Å². The van der Waals surface area contributed by atoms with Crippen molar-refractivity contribution in [1.29, 1.82) is 0 Å². The first-order valence-electron chi connectivity index (χ1n) is 2.21. The predicted octanol–water partition coefficient (Wildman–Crippen LogP) is 1.51. The van der Waals surface area contributed by atoms with Gasteiger partial charge in [-0.05, 0) is 0 Å². The van der Waals surface area contributed by atoms with Crippen molar-refractivity contribution >= 4 is 42.7 Å². The Balaban J connectivity index is -0.000000000281. The molecule has 0 bridgehead atoms. The quantitative estimate of drug-likeness (QED) is 0.161. The molecule has 361 valence electrons. The largest absolute Gasteiger partial charge is 0 e. The van der Waals surface area contributed by atoms with E-state index in [2.05, 4.69) is 107 Å². The van der Waals surface area contributed by atoms with Crippen LogP contribution >= 0.6 is 42.7 Å². The average Bonchev–Trinajstić information content (AvgIpc) is 2.52. The van der Waals surface area contributed by atoms with Crippen molar-refractivity contribution in [3.63, 3.8) is 0 Å². The minimum Gasteiger partial charge on any atom is 0 e. The molecule has 0 unspecified atom stereocenters. The second-order valence-corrected chi connectivity index (χ2v) is 2.21. The maximum atomic E-state index is 7.51. The van der Waals surface area contributed by atoms with Gasteiger partial charge in [0.25, 0.3) is 0 Å². The molecule has 0 atom stereocenters. The van der Waals surface area contributed by atoms with Gasteiger partial charge in [0.1, 0.15) is 0 Å². The first-order valence-corrected chi connectivity index (χ1v) is 17.7. The molecule has 67 heavy (non-hydrogen) atoms. The number of hydrogen-bond donors (Lipinski definition) is 6. The molecule has 67 heteroatoms. The van der Waals surface area contributed by atoms with Crippen molar-refractivity contribution in [3.05, 3.63) is 0 Å². The van der Waals surface area contributed by atoms with Crippen LogP contribution in [0.15, 0.2) is 0 Å². The summed E-state index contributed by atoms with van der Waals surface area (Å²) < 4.78 is 0. The summed E-state index contributed by atoms with van der Waals surface area (Å²) in [7, 11) is 11.6. The molecule has 0 aliphatic carbocycles. The summed E-state index contributed by atoms with van der Waals surface area (Å²) in [6.45, 7) is 0.708. The molecular formula is H12N2O4P6V42W12Y. The van der Waals surface area contributed by atoms with Crippen LogP contribution < -0.4 is 11.8 Å². The van der Waals surface area contributed by atoms with Crippen LogP contribution in [0.25, 0.3) is 0 Å². The van der Waals surface area contributed by atoms with E-state index in [1.54, 1.807) is 0 Å². The molecule has 0 aromatic rings. The van der Waals surface area contributed by atoms with E-state index in [1.165, 1.54) is 0 Å². The van der Waals surface area contributed by atoms with E-state index in [-0.39, 0.29) is 953 Å². The van der Waals surface area contributed by atoms with Gasteiger partial charge in [0.2, 0.25) is 0 Å². The van der Waals surface area contributed by atoms with Gasteiger partial charge in [-0.2, -0.15) is 0 Å². The number of rotatable bonds is 0. The van der Waals surface area contributed by atoms with Crippen LogP contribution in [0, 0.1) is 0 Å². The molecule has 0 amide bonds. The molecule has 6 nitrogen and oxygen atoms in total. The molecule has 0 fully saturated rings. The molecule has 0 heterocycles. The molecule has 0 aromatic heterocycles. The molecule has 0 saturated heterocycles. The Labute approximate surface area is 1100 Å². The van der Waals surface area contributed by atoms with Gasteiger partial charge in [-0.1, -0.05) is 0 Å². The van der Waals surface area contributed by atoms with Crippen LogP contribution in [0.3, 0.4) is 0 Å². The van der Waals surface area contributed by atoms with Crippen molar-refractivity contribution in [2.45, 2.75) is 0 Å². The minimum absolute atomic E-state index is 0. The Hall–Kier alpha value is 35.5. The SMILES string of the molecule is NO.NO.O[P]=[V].O[P]=[V].[PH]=[V].[PH]=[V].[PH]=[V].[PH]=[V].[V].[V].[V].[V].[V].[V].[V].[V].[V].[V].[V].[V].[V].[V].[V].[V].[V].[V].[V].[V].[V].[V].[V].[V].[V].[V].[V].[V].[V].[V].[V].[V].[V].[V].[V].[V].[W].[W].[W].[W].[W].[W].[W].[W].[W].[W].[W].[W].[Y]. The smallest absolute Gasteiger partial charge is 0 e. The normalized spacial score (nSPS) is 0.955. The third-order valence-electron chi connectivity index (χ3n) is 0. The minimum atomic E-state index is 0. The Morgan fingerprint density at radius 2 is 0.194 bits per heavy atom. The maximum absolute atomic E-state index is 7.51. The van der Waals surface area contributed by atoms with Gasteiger partial charge in [0.15, 0.2) is 0 Å². The van der Waals surface area contributed by atoms with Crippen molar-refractivity contribution in [2.75, 3.05) is 0 Å². The summed E-state index contributed by atoms with van der Waals surface area (Å²) in [5, 5.41) is 13.0. The Morgan fingerprint density at radius 3 is 0.194 bits per heavy atom. The van der Waals surface area contributed by atoms with E-state index < -0.39 is 0 Å². The molecule has 0 aliphatic rings. The summed E-state index contributed by atoms with van der Waals surface area (Å²) in [5.41, 5.74) is 0. The van der Waals surface area contributed by atoms with Gasteiger partial charge in [0.05, 0.1) is 0 Å². The fourth-order valence-corrected chi connectivity index (χ4v) is 0. The summed E-state index contributed by atoms with van der Waals surface area (Å²) in [5.74, 6) is 7.00. The molecule has 8 N–H and O–H groups in total. The second kappa shape index (κ2) is 730. The summed E-state index contributed by atoms with van der Waals surface area (Å²) in [4.78, 5) is 15.0. The van der Waals surface area contributed by atoms with E-state index >= 15 is 0 Å². The van der Waals surface area contributed by atoms with Crippen molar-refractivity contribution in [3.8, 4) is 0 Å². The zero-order chi connectivity index (χ0) is 17.4. The first-order chi connectivity index (χ1) is 8.83. The Morgan fingerprint density at radius 1 is 0.194 bits per heavy atom. The van der Waals surface area contributed by atoms with Gasteiger partial charge in [-0.3, -0.25) is 0 Å². The average molecular weight is 4720 g/mol. The van der Waals surface area contributed by atoms with Gasteiger partial charge in [0, 0.05) is 953 Å².